The van der Waals surface area contributed by atoms with E-state index in [1.54, 1.807) is 0 Å². The molecule has 8 heteroatoms. The molecule has 3 aromatic rings. The Morgan fingerprint density at radius 2 is 1.38 bits per heavy atom. The van der Waals surface area contributed by atoms with Gasteiger partial charge in [-0.15, -0.1) is 0 Å². The molecule has 50 heavy (non-hydrogen) atoms. The smallest absolute Gasteiger partial charge is 0.305 e. The van der Waals surface area contributed by atoms with Crippen LogP contribution in [0.1, 0.15) is 97.2 Å². The van der Waals surface area contributed by atoms with Crippen LogP contribution in [0.4, 0.5) is 22.7 Å². The van der Waals surface area contributed by atoms with Crippen LogP contribution in [0, 0.1) is 0 Å². The fourth-order valence-electron chi connectivity index (χ4n) is 9.67. The van der Waals surface area contributed by atoms with Crippen molar-refractivity contribution in [3.63, 3.8) is 0 Å². The van der Waals surface area contributed by atoms with Crippen molar-refractivity contribution in [3.05, 3.63) is 63.2 Å². The summed E-state index contributed by atoms with van der Waals surface area (Å²) in [5, 5.41) is 0. The molecule has 8 nitrogen and oxygen atoms in total. The summed E-state index contributed by atoms with van der Waals surface area (Å²) in [6.07, 6.45) is 10.2. The lowest BCUT2D eigenvalue weighted by molar-refractivity contribution is -0.143. The zero-order chi connectivity index (χ0) is 34.5. The summed E-state index contributed by atoms with van der Waals surface area (Å²) in [7, 11) is 6.09. The number of methoxy groups -OCH3 is 1. The van der Waals surface area contributed by atoms with Gasteiger partial charge in [0.25, 0.3) is 0 Å². The van der Waals surface area contributed by atoms with Crippen molar-refractivity contribution < 1.29 is 19.0 Å². The van der Waals surface area contributed by atoms with Gasteiger partial charge >= 0.3 is 5.97 Å². The van der Waals surface area contributed by atoms with Gasteiger partial charge in [0.15, 0.2) is 0 Å². The highest BCUT2D eigenvalue weighted by atomic mass is 16.5. The number of nitrogens with zero attached hydrogens (tertiary/aromatic N) is 4. The average molecular weight is 679 g/mol. The van der Waals surface area contributed by atoms with E-state index in [0.29, 0.717) is 13.0 Å². The van der Waals surface area contributed by atoms with E-state index in [2.05, 4.69) is 64.9 Å². The Bertz CT molecular complexity index is 1720. The lowest BCUT2D eigenvalue weighted by Crippen LogP contribution is -2.36. The monoisotopic (exact) mass is 678 g/mol. The van der Waals surface area contributed by atoms with Crippen LogP contribution in [-0.2, 0) is 35.2 Å². The molecule has 0 fully saturated rings. The second-order valence-corrected chi connectivity index (χ2v) is 15.0. The molecule has 8 rings (SSSR count). The summed E-state index contributed by atoms with van der Waals surface area (Å²) >= 11 is 0. The van der Waals surface area contributed by atoms with Gasteiger partial charge in [-0.2, -0.15) is 0 Å². The summed E-state index contributed by atoms with van der Waals surface area (Å²) < 4.78 is 18.9. The van der Waals surface area contributed by atoms with Crippen LogP contribution < -0.4 is 29.1 Å². The van der Waals surface area contributed by atoms with Crippen molar-refractivity contribution in [1.82, 2.24) is 0 Å². The molecule has 0 radical (unpaired) electrons. The second kappa shape index (κ2) is 13.6. The van der Waals surface area contributed by atoms with Crippen molar-refractivity contribution in [2.45, 2.75) is 84.0 Å². The van der Waals surface area contributed by atoms with Gasteiger partial charge in [-0.3, -0.25) is 4.79 Å². The van der Waals surface area contributed by atoms with Gasteiger partial charge in [0.2, 0.25) is 0 Å². The van der Waals surface area contributed by atoms with Gasteiger partial charge in [0, 0.05) is 111 Å². The van der Waals surface area contributed by atoms with E-state index in [1.165, 1.54) is 76.0 Å². The molecule has 266 valence electrons. The third kappa shape index (κ3) is 5.54. The lowest BCUT2D eigenvalue weighted by Gasteiger charge is -2.43. The van der Waals surface area contributed by atoms with E-state index >= 15 is 0 Å². The minimum atomic E-state index is -0.130. The minimum Gasteiger partial charge on any atom is -0.496 e. The first-order valence-electron chi connectivity index (χ1n) is 19.3. The zero-order valence-corrected chi connectivity index (χ0v) is 30.8. The molecule has 0 aromatic heterocycles. The SMILES string of the molecule is CCOC(=O)CCCN(CC)c1cc(OC)c(C2c3cc4c5c(c3Oc3c2cc2c6c3CCCN6CCC2)CCCN5CCC4)cc1N(C)C. The van der Waals surface area contributed by atoms with Gasteiger partial charge in [0.1, 0.15) is 17.2 Å². The minimum absolute atomic E-state index is 0.00644. The summed E-state index contributed by atoms with van der Waals surface area (Å²) in [5.41, 5.74) is 14.8. The third-order valence-electron chi connectivity index (χ3n) is 11.8. The maximum absolute atomic E-state index is 12.2. The lowest BCUT2D eigenvalue weighted by atomic mass is 9.75. The number of hydrogen-bond acceptors (Lipinski definition) is 8. The predicted octanol–water partition coefficient (Wildman–Crippen LogP) is 7.61. The van der Waals surface area contributed by atoms with E-state index in [9.17, 15) is 4.79 Å². The predicted molar refractivity (Wildman–Crippen MR) is 203 cm³/mol. The van der Waals surface area contributed by atoms with Crippen molar-refractivity contribution in [2.75, 3.05) is 86.7 Å². The zero-order valence-electron chi connectivity index (χ0n) is 30.8. The molecule has 5 aliphatic rings. The van der Waals surface area contributed by atoms with Gasteiger partial charge in [-0.1, -0.05) is 0 Å². The number of carbonyl (C=O) groups is 1. The number of fused-ring (bicyclic) bond motifs is 4. The van der Waals surface area contributed by atoms with E-state index in [1.807, 2.05) is 14.0 Å². The Morgan fingerprint density at radius 3 is 1.90 bits per heavy atom. The highest BCUT2D eigenvalue weighted by Gasteiger charge is 2.40. The van der Waals surface area contributed by atoms with Gasteiger partial charge in [0.05, 0.1) is 25.1 Å². The van der Waals surface area contributed by atoms with Crippen LogP contribution in [0.2, 0.25) is 0 Å². The number of hydrogen-bond donors (Lipinski definition) is 0. The number of carbonyl (C=O) groups excluding carboxylic acids is 1. The van der Waals surface area contributed by atoms with E-state index in [0.717, 1.165) is 100.0 Å². The van der Waals surface area contributed by atoms with Crippen LogP contribution in [0.15, 0.2) is 24.3 Å². The molecule has 0 aliphatic carbocycles. The molecular weight excluding hydrogens is 624 g/mol. The molecule has 0 spiro atoms. The van der Waals surface area contributed by atoms with Crippen molar-refractivity contribution in [2.24, 2.45) is 0 Å². The molecular formula is C42H54N4O4. The van der Waals surface area contributed by atoms with Crippen LogP contribution >= 0.6 is 0 Å². The number of aryl methyl sites for hydroxylation is 2. The Hall–Kier alpha value is -4.07. The fraction of sp³-hybridized carbons (Fsp3) is 0.548. The summed E-state index contributed by atoms with van der Waals surface area (Å²) in [6, 6.07) is 9.65. The summed E-state index contributed by atoms with van der Waals surface area (Å²) in [4.78, 5) is 22.0. The molecule has 3 aromatic carbocycles. The van der Waals surface area contributed by atoms with Crippen molar-refractivity contribution in [1.29, 1.82) is 0 Å². The molecule has 5 aliphatic heterocycles. The molecule has 0 N–H and O–H groups in total. The highest BCUT2D eigenvalue weighted by Crippen LogP contribution is 2.58. The maximum atomic E-state index is 12.2. The molecule has 0 saturated carbocycles. The van der Waals surface area contributed by atoms with E-state index < -0.39 is 0 Å². The molecule has 0 unspecified atom stereocenters. The quantitative estimate of drug-likeness (QED) is 0.159. The number of rotatable bonds is 10. The van der Waals surface area contributed by atoms with Gasteiger partial charge in [-0.25, -0.2) is 0 Å². The standard InChI is InChI=1S/C42H54N4O4/c1-6-44(18-12-17-37(47)49-7-2)35-26-36(48-5)31(25-34(35)43(3)4)38-32-23-27-13-8-19-45-21-10-15-29(39(27)45)41(32)50-42-30-16-11-22-46-20-9-14-28(40(30)46)24-33(38)42/h23-26,38H,6-22H2,1-5H3. The number of ether oxygens (including phenoxy) is 3. The van der Waals surface area contributed by atoms with E-state index in [4.69, 9.17) is 14.2 Å². The van der Waals surface area contributed by atoms with Gasteiger partial charge < -0.3 is 33.8 Å². The van der Waals surface area contributed by atoms with Crippen LogP contribution in [-0.4, -0.2) is 73.0 Å². The maximum Gasteiger partial charge on any atom is 0.305 e. The molecule has 0 atom stereocenters. The van der Waals surface area contributed by atoms with Crippen LogP contribution in [0.5, 0.6) is 17.2 Å². The fourth-order valence-corrected chi connectivity index (χ4v) is 9.67. The van der Waals surface area contributed by atoms with Crippen molar-refractivity contribution in [3.8, 4) is 17.2 Å². The third-order valence-corrected chi connectivity index (χ3v) is 11.8. The highest BCUT2D eigenvalue weighted by molar-refractivity contribution is 5.81. The first kappa shape index (κ1) is 33.1. The Labute approximate surface area is 298 Å². The molecule has 0 saturated heterocycles. The number of anilines is 4. The summed E-state index contributed by atoms with van der Waals surface area (Å²) in [6.45, 7) is 10.6. The Kier molecular flexibility index (Phi) is 8.98. The number of benzene rings is 3. The normalized spacial score (nSPS) is 17.2. The Balaban J connectivity index is 1.32. The number of esters is 1. The average Bonchev–Trinajstić information content (AvgIpc) is 3.13. The van der Waals surface area contributed by atoms with E-state index in [-0.39, 0.29) is 11.9 Å². The van der Waals surface area contributed by atoms with Crippen molar-refractivity contribution >= 4 is 28.7 Å². The second-order valence-electron chi connectivity index (χ2n) is 15.0. The summed E-state index contributed by atoms with van der Waals surface area (Å²) in [5.74, 6) is 2.97. The van der Waals surface area contributed by atoms with Crippen LogP contribution in [0.3, 0.4) is 0 Å². The van der Waals surface area contributed by atoms with Crippen LogP contribution in [0.25, 0.3) is 0 Å². The first-order valence-corrected chi connectivity index (χ1v) is 19.3. The molecule has 0 bridgehead atoms. The largest absolute Gasteiger partial charge is 0.496 e. The Morgan fingerprint density at radius 1 is 0.800 bits per heavy atom. The first-order chi connectivity index (χ1) is 24.4. The molecule has 0 amide bonds. The van der Waals surface area contributed by atoms with Gasteiger partial charge in [-0.05, 0) is 101 Å². The molecule has 5 heterocycles. The topological polar surface area (TPSA) is 57.7 Å².